The Bertz CT molecular complexity index is 1330. The first-order valence-electron chi connectivity index (χ1n) is 11.2. The van der Waals surface area contributed by atoms with E-state index in [0.29, 0.717) is 46.0 Å². The van der Waals surface area contributed by atoms with Crippen molar-refractivity contribution >= 4 is 27.5 Å². The van der Waals surface area contributed by atoms with E-state index in [0.717, 1.165) is 22.8 Å². The van der Waals surface area contributed by atoms with Gasteiger partial charge in [0, 0.05) is 6.54 Å². The van der Waals surface area contributed by atoms with Crippen molar-refractivity contribution in [3.05, 3.63) is 81.7 Å². The number of hydrogen-bond acceptors (Lipinski definition) is 8. The zero-order valence-electron chi connectivity index (χ0n) is 19.6. The smallest absolute Gasteiger partial charge is 0.348 e. The average Bonchev–Trinajstić information content (AvgIpc) is 3.23. The van der Waals surface area contributed by atoms with Crippen LogP contribution in [0.5, 0.6) is 17.2 Å². The topological polar surface area (TPSA) is 88.9 Å². The van der Waals surface area contributed by atoms with E-state index in [2.05, 4.69) is 4.98 Å². The van der Waals surface area contributed by atoms with Crippen molar-refractivity contribution in [1.29, 1.82) is 0 Å². The number of rotatable bonds is 11. The molecule has 182 valence electrons. The number of fused-ring (bicyclic) bond motifs is 1. The lowest BCUT2D eigenvalue weighted by molar-refractivity contribution is 0.0455. The van der Waals surface area contributed by atoms with E-state index in [1.54, 1.807) is 18.6 Å². The Labute approximate surface area is 206 Å². The third-order valence-electron chi connectivity index (χ3n) is 5.30. The van der Waals surface area contributed by atoms with Crippen LogP contribution in [0.2, 0.25) is 0 Å². The number of nitrogens with zero attached hydrogens (tertiary/aromatic N) is 2. The third-order valence-corrected chi connectivity index (χ3v) is 6.48. The highest BCUT2D eigenvalue weighted by atomic mass is 32.1. The summed E-state index contributed by atoms with van der Waals surface area (Å²) in [6, 6.07) is 16.6. The second kappa shape index (κ2) is 11.5. The fourth-order valence-electron chi connectivity index (χ4n) is 3.49. The molecule has 0 saturated heterocycles. The Morgan fingerprint density at radius 1 is 0.943 bits per heavy atom. The molecule has 0 fully saturated rings. The zero-order chi connectivity index (χ0) is 24.6. The standard InChI is InChI=1S/C26H26N2O6S/c1-18-22-24(35-23(18)26(30)34-16-15-33-20-7-4-3-5-8-20)27-17-28(25(22)29)13-6-14-32-21-11-9-19(31-2)10-12-21/h3-5,7-12,17H,6,13-16H2,1-2H3. The molecule has 35 heavy (non-hydrogen) atoms. The fraction of sp³-hybridized carbons (Fsp3) is 0.269. The van der Waals surface area contributed by atoms with Crippen LogP contribution in [-0.2, 0) is 11.3 Å². The maximum atomic E-state index is 13.0. The van der Waals surface area contributed by atoms with Crippen molar-refractivity contribution in [2.45, 2.75) is 19.9 Å². The number of carbonyl (C=O) groups is 1. The molecular weight excluding hydrogens is 468 g/mol. The number of ether oxygens (including phenoxy) is 4. The number of carbonyl (C=O) groups excluding carboxylic acids is 1. The molecule has 0 unspecified atom stereocenters. The van der Waals surface area contributed by atoms with E-state index in [1.165, 1.54) is 6.33 Å². The van der Waals surface area contributed by atoms with Gasteiger partial charge in [0.05, 0.1) is 25.4 Å². The fourth-order valence-corrected chi connectivity index (χ4v) is 4.52. The van der Waals surface area contributed by atoms with Crippen LogP contribution < -0.4 is 19.8 Å². The van der Waals surface area contributed by atoms with Gasteiger partial charge in [-0.1, -0.05) is 18.2 Å². The molecule has 0 bridgehead atoms. The van der Waals surface area contributed by atoms with Gasteiger partial charge in [-0.15, -0.1) is 11.3 Å². The summed E-state index contributed by atoms with van der Waals surface area (Å²) in [5.74, 6) is 1.72. The van der Waals surface area contributed by atoms with Gasteiger partial charge in [-0.25, -0.2) is 9.78 Å². The van der Waals surface area contributed by atoms with Gasteiger partial charge in [0.1, 0.15) is 40.2 Å². The summed E-state index contributed by atoms with van der Waals surface area (Å²) in [6.07, 6.45) is 2.13. The van der Waals surface area contributed by atoms with Gasteiger partial charge >= 0.3 is 5.97 Å². The molecule has 0 N–H and O–H groups in total. The lowest BCUT2D eigenvalue weighted by Crippen LogP contribution is -2.21. The number of aromatic nitrogens is 2. The van der Waals surface area contributed by atoms with E-state index in [1.807, 2.05) is 54.6 Å². The monoisotopic (exact) mass is 494 g/mol. The third kappa shape index (κ3) is 5.99. The summed E-state index contributed by atoms with van der Waals surface area (Å²) in [7, 11) is 1.61. The maximum Gasteiger partial charge on any atom is 0.348 e. The van der Waals surface area contributed by atoms with Crippen LogP contribution in [0.15, 0.2) is 65.7 Å². The number of benzene rings is 2. The normalized spacial score (nSPS) is 10.8. The molecule has 2 heterocycles. The van der Waals surface area contributed by atoms with Gasteiger partial charge in [0.25, 0.3) is 5.56 Å². The van der Waals surface area contributed by atoms with Crippen LogP contribution in [0.3, 0.4) is 0 Å². The predicted molar refractivity (Wildman–Crippen MR) is 134 cm³/mol. The second-order valence-corrected chi connectivity index (χ2v) is 8.65. The Balaban J connectivity index is 1.33. The molecule has 0 aliphatic carbocycles. The first-order valence-corrected chi connectivity index (χ1v) is 12.0. The van der Waals surface area contributed by atoms with Gasteiger partial charge in [0.15, 0.2) is 0 Å². The molecular formula is C26H26N2O6S. The molecule has 0 radical (unpaired) electrons. The summed E-state index contributed by atoms with van der Waals surface area (Å²) in [5.41, 5.74) is 0.403. The Morgan fingerprint density at radius 2 is 1.63 bits per heavy atom. The van der Waals surface area contributed by atoms with E-state index in [-0.39, 0.29) is 18.8 Å². The quantitative estimate of drug-likeness (QED) is 0.224. The van der Waals surface area contributed by atoms with Crippen molar-refractivity contribution in [2.24, 2.45) is 0 Å². The number of hydrogen-bond donors (Lipinski definition) is 0. The first-order chi connectivity index (χ1) is 17.1. The number of esters is 1. The lowest BCUT2D eigenvalue weighted by atomic mass is 10.2. The number of thiophene rings is 1. The van der Waals surface area contributed by atoms with Crippen LogP contribution in [0.1, 0.15) is 21.7 Å². The molecule has 0 aliphatic heterocycles. The van der Waals surface area contributed by atoms with Crippen LogP contribution in [0.25, 0.3) is 10.2 Å². The van der Waals surface area contributed by atoms with Gasteiger partial charge in [-0.2, -0.15) is 0 Å². The highest BCUT2D eigenvalue weighted by Crippen LogP contribution is 2.27. The Morgan fingerprint density at radius 3 is 2.37 bits per heavy atom. The highest BCUT2D eigenvalue weighted by Gasteiger charge is 2.20. The van der Waals surface area contributed by atoms with Crippen LogP contribution in [0.4, 0.5) is 0 Å². The predicted octanol–water partition coefficient (Wildman–Crippen LogP) is 4.48. The van der Waals surface area contributed by atoms with Gasteiger partial charge in [-0.3, -0.25) is 9.36 Å². The summed E-state index contributed by atoms with van der Waals surface area (Å²) in [4.78, 5) is 30.9. The minimum Gasteiger partial charge on any atom is -0.497 e. The highest BCUT2D eigenvalue weighted by molar-refractivity contribution is 7.20. The molecule has 0 saturated carbocycles. The van der Waals surface area contributed by atoms with Crippen molar-refractivity contribution in [1.82, 2.24) is 9.55 Å². The van der Waals surface area contributed by atoms with Crippen LogP contribution >= 0.6 is 11.3 Å². The molecule has 0 spiro atoms. The first kappa shape index (κ1) is 24.3. The number of methoxy groups -OCH3 is 1. The van der Waals surface area contributed by atoms with Crippen LogP contribution in [0, 0.1) is 6.92 Å². The minimum atomic E-state index is -0.485. The molecule has 4 aromatic rings. The summed E-state index contributed by atoms with van der Waals surface area (Å²) in [6.45, 7) is 2.98. The number of aryl methyl sites for hydroxylation is 2. The van der Waals surface area contributed by atoms with Crippen molar-refractivity contribution in [3.8, 4) is 17.2 Å². The van der Waals surface area contributed by atoms with Crippen molar-refractivity contribution in [2.75, 3.05) is 26.9 Å². The zero-order valence-corrected chi connectivity index (χ0v) is 20.4. The molecule has 4 rings (SSSR count). The summed E-state index contributed by atoms with van der Waals surface area (Å²) >= 11 is 1.16. The average molecular weight is 495 g/mol. The molecule has 8 nitrogen and oxygen atoms in total. The maximum absolute atomic E-state index is 13.0. The number of para-hydroxylation sites is 1. The Hall–Kier alpha value is -3.85. The Kier molecular flexibility index (Phi) is 7.99. The lowest BCUT2D eigenvalue weighted by Gasteiger charge is -2.08. The van der Waals surface area contributed by atoms with Crippen molar-refractivity contribution in [3.63, 3.8) is 0 Å². The SMILES string of the molecule is COc1ccc(OCCCn2cnc3sc(C(=O)OCCOc4ccccc4)c(C)c3c2=O)cc1. The molecule has 9 heteroatoms. The molecule has 0 atom stereocenters. The van der Waals surface area contributed by atoms with E-state index in [9.17, 15) is 9.59 Å². The van der Waals surface area contributed by atoms with E-state index < -0.39 is 5.97 Å². The summed E-state index contributed by atoms with van der Waals surface area (Å²) in [5, 5.41) is 0.445. The second-order valence-electron chi connectivity index (χ2n) is 7.65. The summed E-state index contributed by atoms with van der Waals surface area (Å²) < 4.78 is 23.3. The van der Waals surface area contributed by atoms with Gasteiger partial charge in [0.2, 0.25) is 0 Å². The molecule has 0 aliphatic rings. The minimum absolute atomic E-state index is 0.104. The van der Waals surface area contributed by atoms with Gasteiger partial charge in [-0.05, 0) is 55.3 Å². The van der Waals surface area contributed by atoms with Crippen LogP contribution in [-0.4, -0.2) is 42.5 Å². The molecule has 0 amide bonds. The van der Waals surface area contributed by atoms with Gasteiger partial charge < -0.3 is 18.9 Å². The van der Waals surface area contributed by atoms with E-state index in [4.69, 9.17) is 18.9 Å². The van der Waals surface area contributed by atoms with E-state index >= 15 is 0 Å². The van der Waals surface area contributed by atoms with Crippen molar-refractivity contribution < 1.29 is 23.7 Å². The largest absolute Gasteiger partial charge is 0.497 e. The molecule has 2 aromatic heterocycles. The molecule has 2 aromatic carbocycles.